The van der Waals surface area contributed by atoms with Crippen LogP contribution in [0.5, 0.6) is 0 Å². The standard InChI is InChI=1S/C32H38N4O2/c1-32(2,3)29(36(22-14-21-33-38-4)31(37)27-19-12-7-13-20-27)30-34-28(26-17-10-6-11-18-26)24-35(30)23-25-15-8-5-9-16-25/h5-13,15-20,24,29,33H,14,21-23H2,1-4H3/t29-/m0/s1. The van der Waals surface area contributed by atoms with Gasteiger partial charge in [0.1, 0.15) is 5.82 Å². The van der Waals surface area contributed by atoms with Gasteiger partial charge in [-0.1, -0.05) is 99.6 Å². The Morgan fingerprint density at radius 3 is 2.16 bits per heavy atom. The minimum absolute atomic E-state index is 0.00142. The van der Waals surface area contributed by atoms with Crippen molar-refractivity contribution in [3.63, 3.8) is 0 Å². The third-order valence-corrected chi connectivity index (χ3v) is 6.55. The predicted octanol–water partition coefficient (Wildman–Crippen LogP) is 6.37. The zero-order chi connectivity index (χ0) is 27.0. The molecule has 198 valence electrons. The Kier molecular flexibility index (Phi) is 9.10. The van der Waals surface area contributed by atoms with Gasteiger partial charge in [0.15, 0.2) is 0 Å². The van der Waals surface area contributed by atoms with Crippen LogP contribution in [0.2, 0.25) is 0 Å². The lowest BCUT2D eigenvalue weighted by Crippen LogP contribution is -2.43. The van der Waals surface area contributed by atoms with Crippen molar-refractivity contribution >= 4 is 5.91 Å². The molecule has 0 aliphatic heterocycles. The average molecular weight is 511 g/mol. The van der Waals surface area contributed by atoms with Crippen molar-refractivity contribution in [2.75, 3.05) is 20.2 Å². The predicted molar refractivity (Wildman–Crippen MR) is 153 cm³/mol. The van der Waals surface area contributed by atoms with Gasteiger partial charge in [0.25, 0.3) is 5.91 Å². The molecule has 0 saturated carbocycles. The van der Waals surface area contributed by atoms with Crippen LogP contribution in [-0.4, -0.2) is 40.6 Å². The highest BCUT2D eigenvalue weighted by Crippen LogP contribution is 2.39. The largest absolute Gasteiger partial charge is 0.328 e. The molecule has 3 aromatic carbocycles. The molecule has 0 unspecified atom stereocenters. The van der Waals surface area contributed by atoms with Crippen molar-refractivity contribution < 1.29 is 9.63 Å². The summed E-state index contributed by atoms with van der Waals surface area (Å²) in [6.07, 6.45) is 2.86. The van der Waals surface area contributed by atoms with E-state index < -0.39 is 0 Å². The smallest absolute Gasteiger partial charge is 0.254 e. The normalized spacial score (nSPS) is 12.3. The number of hydrogen-bond acceptors (Lipinski definition) is 4. The van der Waals surface area contributed by atoms with Gasteiger partial charge in [-0.2, -0.15) is 0 Å². The van der Waals surface area contributed by atoms with E-state index in [1.165, 1.54) is 5.56 Å². The number of rotatable bonds is 11. The molecule has 1 N–H and O–H groups in total. The summed E-state index contributed by atoms with van der Waals surface area (Å²) in [5, 5.41) is 0. The third kappa shape index (κ3) is 6.77. The number of hydrogen-bond donors (Lipinski definition) is 1. The number of hydroxylamine groups is 1. The van der Waals surface area contributed by atoms with Crippen molar-refractivity contribution in [1.82, 2.24) is 19.9 Å². The van der Waals surface area contributed by atoms with E-state index in [0.717, 1.165) is 23.5 Å². The van der Waals surface area contributed by atoms with Gasteiger partial charge in [-0.05, 0) is 29.5 Å². The topological polar surface area (TPSA) is 59.4 Å². The number of amides is 1. The van der Waals surface area contributed by atoms with Crippen molar-refractivity contribution in [2.45, 2.75) is 39.8 Å². The molecule has 38 heavy (non-hydrogen) atoms. The molecule has 1 atom stereocenters. The van der Waals surface area contributed by atoms with Crippen LogP contribution in [0.15, 0.2) is 97.2 Å². The van der Waals surface area contributed by atoms with Crippen LogP contribution in [-0.2, 0) is 11.4 Å². The van der Waals surface area contributed by atoms with Crippen molar-refractivity contribution in [3.05, 3.63) is 114 Å². The lowest BCUT2D eigenvalue weighted by molar-refractivity contribution is 0.0446. The average Bonchev–Trinajstić information content (AvgIpc) is 3.33. The summed E-state index contributed by atoms with van der Waals surface area (Å²) in [6.45, 7) is 8.41. The molecule has 0 spiro atoms. The second kappa shape index (κ2) is 12.7. The second-order valence-electron chi connectivity index (χ2n) is 10.5. The van der Waals surface area contributed by atoms with Gasteiger partial charge in [-0.15, -0.1) is 0 Å². The Bertz CT molecular complexity index is 1280. The Morgan fingerprint density at radius 1 is 0.947 bits per heavy atom. The van der Waals surface area contributed by atoms with E-state index in [-0.39, 0.29) is 17.4 Å². The highest BCUT2D eigenvalue weighted by molar-refractivity contribution is 5.94. The van der Waals surface area contributed by atoms with E-state index in [1.807, 2.05) is 59.5 Å². The summed E-state index contributed by atoms with van der Waals surface area (Å²) in [6, 6.07) is 29.9. The Hall–Kier alpha value is -3.74. The number of imidazole rings is 1. The van der Waals surface area contributed by atoms with Crippen molar-refractivity contribution in [2.24, 2.45) is 5.41 Å². The maximum Gasteiger partial charge on any atom is 0.254 e. The Labute approximate surface area is 226 Å². The van der Waals surface area contributed by atoms with Crippen LogP contribution in [0, 0.1) is 5.41 Å². The summed E-state index contributed by atoms with van der Waals surface area (Å²) in [4.78, 5) is 26.3. The van der Waals surface area contributed by atoms with E-state index in [1.54, 1.807) is 7.11 Å². The summed E-state index contributed by atoms with van der Waals surface area (Å²) in [5.41, 5.74) is 6.44. The van der Waals surface area contributed by atoms with E-state index in [0.29, 0.717) is 25.2 Å². The molecular weight excluding hydrogens is 472 g/mol. The minimum Gasteiger partial charge on any atom is -0.328 e. The number of carbonyl (C=O) groups excluding carboxylic acids is 1. The molecule has 0 aliphatic rings. The summed E-state index contributed by atoms with van der Waals surface area (Å²) in [5.74, 6) is 0.877. The van der Waals surface area contributed by atoms with Crippen LogP contribution in [0.4, 0.5) is 0 Å². The van der Waals surface area contributed by atoms with Crippen molar-refractivity contribution in [3.8, 4) is 11.3 Å². The fourth-order valence-corrected chi connectivity index (χ4v) is 4.82. The maximum absolute atomic E-state index is 14.1. The molecule has 4 aromatic rings. The first-order valence-electron chi connectivity index (χ1n) is 13.2. The van der Waals surface area contributed by atoms with Gasteiger partial charge in [-0.3, -0.25) is 4.79 Å². The first-order chi connectivity index (χ1) is 18.4. The number of aromatic nitrogens is 2. The van der Waals surface area contributed by atoms with Crippen molar-refractivity contribution in [1.29, 1.82) is 0 Å². The number of nitrogens with one attached hydrogen (secondary N) is 1. The van der Waals surface area contributed by atoms with Crippen LogP contribution in [0.25, 0.3) is 11.3 Å². The summed E-state index contributed by atoms with van der Waals surface area (Å²) in [7, 11) is 1.61. The molecular formula is C32H38N4O2. The first kappa shape index (κ1) is 27.3. The van der Waals surface area contributed by atoms with Gasteiger partial charge >= 0.3 is 0 Å². The Balaban J connectivity index is 1.83. The van der Waals surface area contributed by atoms with Crippen LogP contribution >= 0.6 is 0 Å². The summed E-state index contributed by atoms with van der Waals surface area (Å²) < 4.78 is 2.21. The number of benzene rings is 3. The van der Waals surface area contributed by atoms with E-state index in [9.17, 15) is 4.79 Å². The quantitative estimate of drug-likeness (QED) is 0.188. The Morgan fingerprint density at radius 2 is 1.55 bits per heavy atom. The number of nitrogens with zero attached hydrogens (tertiary/aromatic N) is 3. The van der Waals surface area contributed by atoms with Gasteiger partial charge in [0.2, 0.25) is 0 Å². The van der Waals surface area contributed by atoms with E-state index in [4.69, 9.17) is 9.82 Å². The van der Waals surface area contributed by atoms with E-state index in [2.05, 4.69) is 73.4 Å². The summed E-state index contributed by atoms with van der Waals surface area (Å²) >= 11 is 0. The maximum atomic E-state index is 14.1. The fraction of sp³-hybridized carbons (Fsp3) is 0.312. The molecule has 0 bridgehead atoms. The lowest BCUT2D eigenvalue weighted by Gasteiger charge is -2.40. The molecule has 4 rings (SSSR count). The molecule has 0 fully saturated rings. The molecule has 1 amide bonds. The monoisotopic (exact) mass is 510 g/mol. The SMILES string of the molecule is CONCCCN(C(=O)c1ccccc1)[C@@H](c1nc(-c2ccccc2)cn1Cc1ccccc1)C(C)(C)C. The number of carbonyl (C=O) groups is 1. The van der Waals surface area contributed by atoms with Gasteiger partial charge in [-0.25, -0.2) is 10.5 Å². The molecule has 6 nitrogen and oxygen atoms in total. The molecule has 6 heteroatoms. The zero-order valence-corrected chi connectivity index (χ0v) is 22.8. The van der Waals surface area contributed by atoms with Crippen LogP contribution < -0.4 is 5.48 Å². The molecule has 0 radical (unpaired) electrons. The molecule has 1 aromatic heterocycles. The van der Waals surface area contributed by atoms with E-state index >= 15 is 0 Å². The van der Waals surface area contributed by atoms with Gasteiger partial charge in [0.05, 0.1) is 18.8 Å². The minimum atomic E-state index is -0.285. The van der Waals surface area contributed by atoms with Gasteiger partial charge < -0.3 is 14.3 Å². The molecule has 0 saturated heterocycles. The lowest BCUT2D eigenvalue weighted by atomic mass is 9.84. The zero-order valence-electron chi connectivity index (χ0n) is 22.8. The second-order valence-corrected chi connectivity index (χ2v) is 10.5. The van der Waals surface area contributed by atoms with Crippen LogP contribution in [0.1, 0.15) is 55.0 Å². The van der Waals surface area contributed by atoms with Gasteiger partial charge in [0, 0.05) is 37.0 Å². The fourth-order valence-electron chi connectivity index (χ4n) is 4.82. The highest BCUT2D eigenvalue weighted by Gasteiger charge is 2.38. The first-order valence-corrected chi connectivity index (χ1v) is 13.2. The molecule has 1 heterocycles. The third-order valence-electron chi connectivity index (χ3n) is 6.55. The molecule has 0 aliphatic carbocycles. The highest BCUT2D eigenvalue weighted by atomic mass is 16.6. The van der Waals surface area contributed by atoms with Crippen LogP contribution in [0.3, 0.4) is 0 Å².